The number of ether oxygens (including phenoxy) is 1. The fourth-order valence-corrected chi connectivity index (χ4v) is 2.35. The lowest BCUT2D eigenvalue weighted by Crippen LogP contribution is -2.16. The predicted octanol–water partition coefficient (Wildman–Crippen LogP) is 3.62. The Balaban J connectivity index is 2.78. The van der Waals surface area contributed by atoms with E-state index in [1.54, 1.807) is 0 Å². The van der Waals surface area contributed by atoms with Gasteiger partial charge in [0, 0.05) is 12.1 Å². The van der Waals surface area contributed by atoms with Crippen molar-refractivity contribution in [1.82, 2.24) is 0 Å². The van der Waals surface area contributed by atoms with Crippen molar-refractivity contribution in [2.24, 2.45) is 0 Å². The van der Waals surface area contributed by atoms with Crippen LogP contribution in [0.5, 0.6) is 5.75 Å². The number of alkyl halides is 1. The molecule has 0 atom stereocenters. The molecule has 0 aliphatic carbocycles. The van der Waals surface area contributed by atoms with Gasteiger partial charge in [0.15, 0.2) is 0 Å². The number of carboxylic acids is 1. The second-order valence-corrected chi connectivity index (χ2v) is 5.47. The molecule has 0 aliphatic rings. The van der Waals surface area contributed by atoms with Crippen LogP contribution in [0.2, 0.25) is 0 Å². The number of hydrogen-bond donors (Lipinski definition) is 2. The molecule has 0 aliphatic heterocycles. The number of nitrogens with one attached hydrogen (secondary N) is 1. The number of halogens is 1. The molecule has 0 fully saturated rings. The van der Waals surface area contributed by atoms with Gasteiger partial charge in [-0.1, -0.05) is 13.8 Å². The molecular weight excluding hydrogens is 318 g/mol. The summed E-state index contributed by atoms with van der Waals surface area (Å²) in [5.74, 6) is -0.337. The van der Waals surface area contributed by atoms with E-state index >= 15 is 0 Å². The number of benzene rings is 1. The van der Waals surface area contributed by atoms with Crippen molar-refractivity contribution < 1.29 is 19.4 Å². The van der Waals surface area contributed by atoms with Gasteiger partial charge in [0.05, 0.1) is 6.61 Å². The van der Waals surface area contributed by atoms with Crippen LogP contribution in [-0.4, -0.2) is 29.5 Å². The number of hydrogen-bond acceptors (Lipinski definition) is 3. The van der Waals surface area contributed by atoms with Gasteiger partial charge in [-0.2, -0.15) is 0 Å². The largest absolute Gasteiger partial charge is 0.494 e. The molecule has 1 aromatic rings. The van der Waals surface area contributed by atoms with E-state index in [0.29, 0.717) is 19.4 Å². The standard InChI is InChI=1S/C17H24ClNO4/c1-3-12-9-14(23-8-6-5-7-16(21)22)10-13(4-2)17(12)19-15(20)11-18/h9-10H,3-8,11H2,1-2H3,(H,19,20)(H,21,22). The molecule has 0 saturated carbocycles. The van der Waals surface area contributed by atoms with E-state index in [1.807, 2.05) is 26.0 Å². The van der Waals surface area contributed by atoms with E-state index in [9.17, 15) is 9.59 Å². The predicted molar refractivity (Wildman–Crippen MR) is 91.5 cm³/mol. The van der Waals surface area contributed by atoms with Crippen LogP contribution in [0.4, 0.5) is 5.69 Å². The van der Waals surface area contributed by atoms with Gasteiger partial charge in [0.1, 0.15) is 11.6 Å². The van der Waals surface area contributed by atoms with Crippen molar-refractivity contribution in [2.75, 3.05) is 17.8 Å². The first-order valence-corrected chi connectivity index (χ1v) is 8.41. The smallest absolute Gasteiger partial charge is 0.303 e. The van der Waals surface area contributed by atoms with E-state index in [0.717, 1.165) is 35.4 Å². The number of carbonyl (C=O) groups is 2. The van der Waals surface area contributed by atoms with E-state index < -0.39 is 5.97 Å². The molecule has 0 unspecified atom stereocenters. The summed E-state index contributed by atoms with van der Waals surface area (Å²) in [5.41, 5.74) is 2.82. The number of carbonyl (C=O) groups excluding carboxylic acids is 1. The number of amides is 1. The van der Waals surface area contributed by atoms with Crippen LogP contribution in [0.1, 0.15) is 44.2 Å². The third-order valence-electron chi connectivity index (χ3n) is 3.48. The summed E-state index contributed by atoms with van der Waals surface area (Å²) in [7, 11) is 0. The van der Waals surface area contributed by atoms with Gasteiger partial charge in [-0.05, 0) is 48.9 Å². The maximum absolute atomic E-state index is 11.6. The Morgan fingerprint density at radius 3 is 2.26 bits per heavy atom. The van der Waals surface area contributed by atoms with E-state index in [4.69, 9.17) is 21.4 Å². The normalized spacial score (nSPS) is 10.4. The number of aliphatic carboxylic acids is 1. The Morgan fingerprint density at radius 1 is 1.17 bits per heavy atom. The number of anilines is 1. The second kappa shape index (κ2) is 10.1. The summed E-state index contributed by atoms with van der Waals surface area (Å²) >= 11 is 5.57. The molecule has 2 N–H and O–H groups in total. The summed E-state index contributed by atoms with van der Waals surface area (Å²) in [6, 6.07) is 3.83. The lowest BCUT2D eigenvalue weighted by Gasteiger charge is -2.17. The summed E-state index contributed by atoms with van der Waals surface area (Å²) in [6.07, 6.45) is 2.98. The topological polar surface area (TPSA) is 75.6 Å². The first-order valence-electron chi connectivity index (χ1n) is 7.88. The zero-order valence-electron chi connectivity index (χ0n) is 13.7. The molecular formula is C17H24ClNO4. The molecule has 0 radical (unpaired) electrons. The molecule has 0 heterocycles. The molecule has 128 valence electrons. The Kier molecular flexibility index (Phi) is 8.48. The SMILES string of the molecule is CCc1cc(OCCCCC(=O)O)cc(CC)c1NC(=O)CCl. The summed E-state index contributed by atoms with van der Waals surface area (Å²) in [6.45, 7) is 4.51. The van der Waals surface area contributed by atoms with E-state index in [-0.39, 0.29) is 18.2 Å². The van der Waals surface area contributed by atoms with E-state index in [2.05, 4.69) is 5.32 Å². The van der Waals surface area contributed by atoms with Crippen molar-refractivity contribution in [3.05, 3.63) is 23.3 Å². The number of carboxylic acid groups (broad SMARTS) is 1. The lowest BCUT2D eigenvalue weighted by molar-refractivity contribution is -0.137. The van der Waals surface area contributed by atoms with Crippen LogP contribution in [0.15, 0.2) is 12.1 Å². The van der Waals surface area contributed by atoms with Crippen LogP contribution in [-0.2, 0) is 22.4 Å². The molecule has 0 saturated heterocycles. The van der Waals surface area contributed by atoms with E-state index in [1.165, 1.54) is 0 Å². The Labute approximate surface area is 142 Å². The maximum atomic E-state index is 11.6. The lowest BCUT2D eigenvalue weighted by atomic mass is 10.0. The van der Waals surface area contributed by atoms with Crippen molar-refractivity contribution in [1.29, 1.82) is 0 Å². The first kappa shape index (κ1) is 19.3. The molecule has 23 heavy (non-hydrogen) atoms. The zero-order chi connectivity index (χ0) is 17.2. The quantitative estimate of drug-likeness (QED) is 0.503. The Bertz CT molecular complexity index is 520. The number of aryl methyl sites for hydroxylation is 2. The number of unbranched alkanes of at least 4 members (excludes halogenated alkanes) is 1. The van der Waals surface area contributed by atoms with Crippen LogP contribution in [0.3, 0.4) is 0 Å². The van der Waals surface area contributed by atoms with Gasteiger partial charge < -0.3 is 15.2 Å². The van der Waals surface area contributed by atoms with Crippen molar-refractivity contribution in [3.63, 3.8) is 0 Å². The monoisotopic (exact) mass is 341 g/mol. The van der Waals surface area contributed by atoms with Gasteiger partial charge >= 0.3 is 5.97 Å². The van der Waals surface area contributed by atoms with Crippen LogP contribution in [0, 0.1) is 0 Å². The zero-order valence-corrected chi connectivity index (χ0v) is 14.4. The van der Waals surface area contributed by atoms with Gasteiger partial charge in [-0.15, -0.1) is 11.6 Å². The van der Waals surface area contributed by atoms with Crippen molar-refractivity contribution >= 4 is 29.2 Å². The molecule has 6 heteroatoms. The highest BCUT2D eigenvalue weighted by Crippen LogP contribution is 2.29. The average Bonchev–Trinajstić information content (AvgIpc) is 2.54. The molecule has 0 bridgehead atoms. The summed E-state index contributed by atoms with van der Waals surface area (Å²) in [4.78, 5) is 22.0. The summed E-state index contributed by atoms with van der Waals surface area (Å²) < 4.78 is 5.73. The Morgan fingerprint density at radius 2 is 1.78 bits per heavy atom. The van der Waals surface area contributed by atoms with Crippen molar-refractivity contribution in [2.45, 2.75) is 46.0 Å². The highest BCUT2D eigenvalue weighted by atomic mass is 35.5. The minimum Gasteiger partial charge on any atom is -0.494 e. The van der Waals surface area contributed by atoms with Gasteiger partial charge in [-0.3, -0.25) is 9.59 Å². The van der Waals surface area contributed by atoms with Crippen molar-refractivity contribution in [3.8, 4) is 5.75 Å². The van der Waals surface area contributed by atoms with Crippen LogP contribution in [0.25, 0.3) is 0 Å². The molecule has 0 aromatic heterocycles. The average molecular weight is 342 g/mol. The third kappa shape index (κ3) is 6.48. The fourth-order valence-electron chi connectivity index (χ4n) is 2.28. The highest BCUT2D eigenvalue weighted by molar-refractivity contribution is 6.29. The third-order valence-corrected chi connectivity index (χ3v) is 3.72. The van der Waals surface area contributed by atoms with Gasteiger partial charge in [0.2, 0.25) is 5.91 Å². The van der Waals surface area contributed by atoms with Gasteiger partial charge in [-0.25, -0.2) is 0 Å². The van der Waals surface area contributed by atoms with Crippen LogP contribution >= 0.6 is 11.6 Å². The molecule has 5 nitrogen and oxygen atoms in total. The first-order chi connectivity index (χ1) is 11.0. The molecule has 1 aromatic carbocycles. The van der Waals surface area contributed by atoms with Crippen LogP contribution < -0.4 is 10.1 Å². The molecule has 1 rings (SSSR count). The minimum atomic E-state index is -0.786. The molecule has 0 spiro atoms. The van der Waals surface area contributed by atoms with Gasteiger partial charge in [0.25, 0.3) is 0 Å². The number of rotatable bonds is 10. The second-order valence-electron chi connectivity index (χ2n) is 5.20. The minimum absolute atomic E-state index is 0.0753. The summed E-state index contributed by atoms with van der Waals surface area (Å²) in [5, 5.41) is 11.5. The Hall–Kier alpha value is -1.75. The maximum Gasteiger partial charge on any atom is 0.303 e. The highest BCUT2D eigenvalue weighted by Gasteiger charge is 2.12. The fraction of sp³-hybridized carbons (Fsp3) is 0.529. The molecule has 1 amide bonds.